The molecule has 0 saturated carbocycles. The molecule has 36 heavy (non-hydrogen) atoms. The first kappa shape index (κ1) is 23.5. The Morgan fingerprint density at radius 2 is 1.67 bits per heavy atom. The van der Waals surface area contributed by atoms with Crippen molar-refractivity contribution in [1.82, 2.24) is 10.3 Å². The van der Waals surface area contributed by atoms with Crippen molar-refractivity contribution in [3.8, 4) is 11.1 Å². The lowest BCUT2D eigenvalue weighted by atomic mass is 9.98. The van der Waals surface area contributed by atoms with Gasteiger partial charge in [-0.15, -0.1) is 0 Å². The van der Waals surface area contributed by atoms with Gasteiger partial charge in [0.15, 0.2) is 0 Å². The number of aliphatic hydroxyl groups is 2. The molecule has 184 valence electrons. The molecule has 4 N–H and O–H groups in total. The molecule has 5 rings (SSSR count). The number of rotatable bonds is 7. The van der Waals surface area contributed by atoms with Crippen LogP contribution in [-0.4, -0.2) is 40.5 Å². The van der Waals surface area contributed by atoms with Crippen LogP contribution in [0.3, 0.4) is 0 Å². The molecular weight excluding hydrogens is 464 g/mol. The van der Waals surface area contributed by atoms with Gasteiger partial charge in [-0.05, 0) is 46.4 Å². The van der Waals surface area contributed by atoms with Crippen molar-refractivity contribution in [2.45, 2.75) is 24.5 Å². The van der Waals surface area contributed by atoms with E-state index in [4.69, 9.17) is 4.74 Å². The van der Waals surface area contributed by atoms with E-state index >= 15 is 0 Å². The summed E-state index contributed by atoms with van der Waals surface area (Å²) in [5.41, 5.74) is 4.19. The van der Waals surface area contributed by atoms with Crippen molar-refractivity contribution in [3.05, 3.63) is 104 Å². The molecule has 0 spiro atoms. The highest BCUT2D eigenvalue weighted by molar-refractivity contribution is 5.79. The summed E-state index contributed by atoms with van der Waals surface area (Å²) in [6.45, 7) is 0.241. The Bertz CT molecular complexity index is 1500. The molecule has 1 aromatic heterocycles. The van der Waals surface area contributed by atoms with E-state index in [1.165, 1.54) is 18.2 Å². The molecule has 9 heteroatoms. The summed E-state index contributed by atoms with van der Waals surface area (Å²) in [4.78, 5) is 37.9. The zero-order valence-corrected chi connectivity index (χ0v) is 19.1. The fourth-order valence-electron chi connectivity index (χ4n) is 4.65. The summed E-state index contributed by atoms with van der Waals surface area (Å²) in [5.74, 6) is -0.934. The Hall–Kier alpha value is -4.21. The number of hydrogen-bond donors (Lipinski definition) is 4. The lowest BCUT2D eigenvalue weighted by molar-refractivity contribution is 0.0137. The number of amides is 1. The molecule has 1 aliphatic carbocycles. The highest BCUT2D eigenvalue weighted by Gasteiger charge is 2.29. The number of aliphatic hydroxyl groups excluding tert-OH is 2. The number of carbonyl (C=O) groups is 1. The lowest BCUT2D eigenvalue weighted by Gasteiger charge is -2.19. The SMILES string of the molecule is O=C(NCCC(O)C(O)c1ccc2[nH]c(=O)oc(=O)c2c1)OCC1c2ccccc2-c2ccccc21. The molecule has 0 bridgehead atoms. The summed E-state index contributed by atoms with van der Waals surface area (Å²) >= 11 is 0. The number of hydrogen-bond acceptors (Lipinski definition) is 7. The Balaban J connectivity index is 1.15. The van der Waals surface area contributed by atoms with Gasteiger partial charge in [0.25, 0.3) is 0 Å². The van der Waals surface area contributed by atoms with Crippen molar-refractivity contribution < 1.29 is 24.2 Å². The normalized spacial score (nSPS) is 14.2. The number of fused-ring (bicyclic) bond motifs is 4. The van der Waals surface area contributed by atoms with E-state index in [0.29, 0.717) is 0 Å². The van der Waals surface area contributed by atoms with Gasteiger partial charge in [0.2, 0.25) is 0 Å². The first-order chi connectivity index (χ1) is 17.4. The molecule has 0 radical (unpaired) electrons. The fourth-order valence-corrected chi connectivity index (χ4v) is 4.65. The first-order valence-electron chi connectivity index (χ1n) is 11.5. The lowest BCUT2D eigenvalue weighted by Crippen LogP contribution is -2.30. The number of aromatic nitrogens is 1. The van der Waals surface area contributed by atoms with E-state index in [0.717, 1.165) is 22.3 Å². The van der Waals surface area contributed by atoms with Crippen molar-refractivity contribution in [1.29, 1.82) is 0 Å². The van der Waals surface area contributed by atoms with Gasteiger partial charge < -0.3 is 24.7 Å². The quantitative estimate of drug-likeness (QED) is 0.313. The second-order valence-electron chi connectivity index (χ2n) is 8.66. The van der Waals surface area contributed by atoms with Crippen LogP contribution in [0.1, 0.15) is 35.1 Å². The molecule has 0 aliphatic heterocycles. The van der Waals surface area contributed by atoms with Crippen LogP contribution in [0.5, 0.6) is 0 Å². The van der Waals surface area contributed by atoms with Gasteiger partial charge in [-0.2, -0.15) is 0 Å². The van der Waals surface area contributed by atoms with Gasteiger partial charge >= 0.3 is 17.5 Å². The maximum Gasteiger partial charge on any atom is 0.419 e. The van der Waals surface area contributed by atoms with E-state index < -0.39 is 29.7 Å². The number of ether oxygens (including phenoxy) is 1. The molecule has 0 saturated heterocycles. The summed E-state index contributed by atoms with van der Waals surface area (Å²) < 4.78 is 9.97. The zero-order valence-electron chi connectivity index (χ0n) is 19.1. The fraction of sp³-hybridized carbons (Fsp3) is 0.222. The van der Waals surface area contributed by atoms with Crippen LogP contribution in [0.4, 0.5) is 4.79 Å². The first-order valence-corrected chi connectivity index (χ1v) is 11.5. The Labute approximate surface area is 205 Å². The molecule has 1 heterocycles. The number of benzene rings is 3. The van der Waals surface area contributed by atoms with Crippen molar-refractivity contribution >= 4 is 17.0 Å². The molecule has 2 unspecified atom stereocenters. The minimum absolute atomic E-state index is 0.0453. The third kappa shape index (κ3) is 4.53. The summed E-state index contributed by atoms with van der Waals surface area (Å²) in [5, 5.41) is 23.6. The largest absolute Gasteiger partial charge is 0.449 e. The predicted octanol–water partition coefficient (Wildman–Crippen LogP) is 2.80. The molecular formula is C27H24N2O7. The summed E-state index contributed by atoms with van der Waals surface area (Å²) in [6, 6.07) is 20.4. The maximum absolute atomic E-state index is 12.3. The smallest absolute Gasteiger partial charge is 0.419 e. The van der Waals surface area contributed by atoms with Crippen molar-refractivity contribution in [3.63, 3.8) is 0 Å². The number of H-pyrrole nitrogens is 1. The van der Waals surface area contributed by atoms with E-state index in [2.05, 4.69) is 26.9 Å². The molecule has 3 aromatic carbocycles. The van der Waals surface area contributed by atoms with Gasteiger partial charge in [0.05, 0.1) is 17.0 Å². The summed E-state index contributed by atoms with van der Waals surface area (Å²) in [7, 11) is 0. The monoisotopic (exact) mass is 488 g/mol. The van der Waals surface area contributed by atoms with E-state index in [1.54, 1.807) is 0 Å². The second kappa shape index (κ2) is 9.80. The van der Waals surface area contributed by atoms with Crippen molar-refractivity contribution in [2.24, 2.45) is 0 Å². The van der Waals surface area contributed by atoms with Crippen LogP contribution in [0.2, 0.25) is 0 Å². The van der Waals surface area contributed by atoms with E-state index in [9.17, 15) is 24.6 Å². The Morgan fingerprint density at radius 1 is 1.00 bits per heavy atom. The minimum Gasteiger partial charge on any atom is -0.449 e. The molecule has 1 aliphatic rings. The van der Waals surface area contributed by atoms with E-state index in [-0.39, 0.29) is 42.0 Å². The Morgan fingerprint density at radius 3 is 2.36 bits per heavy atom. The third-order valence-corrected chi connectivity index (χ3v) is 6.44. The Kier molecular flexibility index (Phi) is 6.41. The zero-order chi connectivity index (χ0) is 25.2. The number of carbonyl (C=O) groups excluding carboxylic acids is 1. The molecule has 9 nitrogen and oxygen atoms in total. The van der Waals surface area contributed by atoms with Crippen LogP contribution >= 0.6 is 0 Å². The minimum atomic E-state index is -1.31. The van der Waals surface area contributed by atoms with Gasteiger partial charge in [0.1, 0.15) is 12.7 Å². The van der Waals surface area contributed by atoms with E-state index in [1.807, 2.05) is 36.4 Å². The van der Waals surface area contributed by atoms with Crippen LogP contribution < -0.4 is 16.7 Å². The average Bonchev–Trinajstić information content (AvgIpc) is 3.20. The van der Waals surface area contributed by atoms with Gasteiger partial charge in [-0.1, -0.05) is 54.6 Å². The van der Waals surface area contributed by atoms with Crippen molar-refractivity contribution in [2.75, 3.05) is 13.2 Å². The highest BCUT2D eigenvalue weighted by Crippen LogP contribution is 2.44. The highest BCUT2D eigenvalue weighted by atomic mass is 16.5. The standard InChI is InChI=1S/C27H24N2O7/c30-23(24(31)15-9-10-22-20(13-15)25(32)36-27(34)29-22)11-12-28-26(33)35-14-21-18-7-3-1-5-16(18)17-6-2-4-8-19(17)21/h1-10,13,21,23-24,30-31H,11-12,14H2,(H,28,33)(H,29,34). The second-order valence-corrected chi connectivity index (χ2v) is 8.66. The molecule has 4 aromatic rings. The van der Waals surface area contributed by atoms with Gasteiger partial charge in [-0.25, -0.2) is 14.4 Å². The molecule has 1 amide bonds. The van der Waals surface area contributed by atoms with Crippen LogP contribution in [0.25, 0.3) is 22.0 Å². The number of aromatic amines is 1. The number of alkyl carbamates (subject to hydrolysis) is 1. The van der Waals surface area contributed by atoms with Crippen LogP contribution in [-0.2, 0) is 4.74 Å². The van der Waals surface area contributed by atoms with Gasteiger partial charge in [-0.3, -0.25) is 4.98 Å². The third-order valence-electron chi connectivity index (χ3n) is 6.44. The number of nitrogens with one attached hydrogen (secondary N) is 2. The summed E-state index contributed by atoms with van der Waals surface area (Å²) in [6.07, 6.45) is -3.11. The molecule has 2 atom stereocenters. The maximum atomic E-state index is 12.3. The van der Waals surface area contributed by atoms with Crippen LogP contribution in [0.15, 0.2) is 80.7 Å². The predicted molar refractivity (Wildman–Crippen MR) is 132 cm³/mol. The van der Waals surface area contributed by atoms with Gasteiger partial charge in [0, 0.05) is 12.5 Å². The topological polar surface area (TPSA) is 142 Å². The van der Waals surface area contributed by atoms with Crippen LogP contribution in [0, 0.1) is 0 Å². The average molecular weight is 488 g/mol. The molecule has 0 fully saturated rings.